The Morgan fingerprint density at radius 3 is 2.35 bits per heavy atom. The van der Waals surface area contributed by atoms with Crippen LogP contribution in [0, 0.1) is 11.3 Å². The summed E-state index contributed by atoms with van der Waals surface area (Å²) in [7, 11) is 0. The Morgan fingerprint density at radius 2 is 1.71 bits per heavy atom. The highest BCUT2D eigenvalue weighted by molar-refractivity contribution is 6.11. The van der Waals surface area contributed by atoms with Gasteiger partial charge in [0.2, 0.25) is 0 Å². The molecule has 5 heteroatoms. The van der Waals surface area contributed by atoms with Crippen LogP contribution in [0.15, 0.2) is 60.2 Å². The van der Waals surface area contributed by atoms with Crippen LogP contribution in [0.5, 0.6) is 11.5 Å². The normalized spacial score (nSPS) is 11.1. The zero-order valence-corrected chi connectivity index (χ0v) is 18.1. The number of nitrogens with zero attached hydrogens (tertiary/aromatic N) is 1. The van der Waals surface area contributed by atoms with Gasteiger partial charge in [0.15, 0.2) is 0 Å². The maximum atomic E-state index is 12.8. The van der Waals surface area contributed by atoms with Crippen molar-refractivity contribution < 1.29 is 14.3 Å². The van der Waals surface area contributed by atoms with Crippen LogP contribution >= 0.6 is 0 Å². The molecule has 3 aromatic carbocycles. The highest BCUT2D eigenvalue weighted by Crippen LogP contribution is 2.33. The highest BCUT2D eigenvalue weighted by Gasteiger charge is 2.14. The molecule has 0 aliphatic rings. The van der Waals surface area contributed by atoms with Crippen molar-refractivity contribution in [2.75, 3.05) is 18.5 Å². The standard InChI is InChI=1S/C26H26N2O3/c1-4-18-7-11-21(12-8-18)28-26(29)20(17-27)15-24-23-16-22(30-5-2)13-9-19(23)10-14-25(24)31-6-3/h7-16H,4-6H2,1-3H3,(H,28,29)/b20-15-. The lowest BCUT2D eigenvalue weighted by Gasteiger charge is -2.13. The van der Waals surface area contributed by atoms with Gasteiger partial charge in [0, 0.05) is 11.3 Å². The molecule has 3 rings (SSSR count). The van der Waals surface area contributed by atoms with Crippen LogP contribution in [0.25, 0.3) is 16.8 Å². The number of aryl methyl sites for hydroxylation is 1. The van der Waals surface area contributed by atoms with E-state index in [4.69, 9.17) is 9.47 Å². The van der Waals surface area contributed by atoms with Crippen molar-refractivity contribution in [3.8, 4) is 17.6 Å². The Labute approximate surface area is 182 Å². The van der Waals surface area contributed by atoms with E-state index >= 15 is 0 Å². The minimum absolute atomic E-state index is 0.00478. The van der Waals surface area contributed by atoms with Gasteiger partial charge in [-0.05, 0) is 73.0 Å². The lowest BCUT2D eigenvalue weighted by Crippen LogP contribution is -2.13. The average Bonchev–Trinajstić information content (AvgIpc) is 2.79. The van der Waals surface area contributed by atoms with Crippen LogP contribution in [-0.2, 0) is 11.2 Å². The number of rotatable bonds is 8. The maximum absolute atomic E-state index is 12.8. The van der Waals surface area contributed by atoms with Crippen molar-refractivity contribution in [2.24, 2.45) is 0 Å². The molecule has 1 N–H and O–H groups in total. The number of ether oxygens (including phenoxy) is 2. The summed E-state index contributed by atoms with van der Waals surface area (Å²) in [6, 6.07) is 19.2. The van der Waals surface area contributed by atoms with Crippen LogP contribution < -0.4 is 14.8 Å². The van der Waals surface area contributed by atoms with Crippen molar-refractivity contribution in [1.82, 2.24) is 0 Å². The summed E-state index contributed by atoms with van der Waals surface area (Å²) in [5.41, 5.74) is 2.49. The molecule has 0 aliphatic heterocycles. The van der Waals surface area contributed by atoms with E-state index in [1.165, 1.54) is 5.56 Å². The summed E-state index contributed by atoms with van der Waals surface area (Å²) in [6.07, 6.45) is 2.50. The largest absolute Gasteiger partial charge is 0.494 e. The number of fused-ring (bicyclic) bond motifs is 1. The van der Waals surface area contributed by atoms with Gasteiger partial charge in [-0.1, -0.05) is 31.2 Å². The van der Waals surface area contributed by atoms with Gasteiger partial charge in [-0.25, -0.2) is 0 Å². The highest BCUT2D eigenvalue weighted by atomic mass is 16.5. The number of hydrogen-bond acceptors (Lipinski definition) is 4. The zero-order chi connectivity index (χ0) is 22.2. The van der Waals surface area contributed by atoms with Crippen LogP contribution in [0.2, 0.25) is 0 Å². The molecule has 0 radical (unpaired) electrons. The summed E-state index contributed by atoms with van der Waals surface area (Å²) >= 11 is 0. The van der Waals surface area contributed by atoms with Crippen LogP contribution in [0.4, 0.5) is 5.69 Å². The number of carbonyl (C=O) groups excluding carboxylic acids is 1. The minimum Gasteiger partial charge on any atom is -0.494 e. The van der Waals surface area contributed by atoms with E-state index in [0.29, 0.717) is 30.2 Å². The van der Waals surface area contributed by atoms with E-state index < -0.39 is 5.91 Å². The van der Waals surface area contributed by atoms with Crippen molar-refractivity contribution in [3.63, 3.8) is 0 Å². The van der Waals surface area contributed by atoms with Gasteiger partial charge in [-0.3, -0.25) is 4.79 Å². The fourth-order valence-electron chi connectivity index (χ4n) is 3.30. The second kappa shape index (κ2) is 10.3. The summed E-state index contributed by atoms with van der Waals surface area (Å²) in [4.78, 5) is 12.8. The molecule has 0 bridgehead atoms. The second-order valence-corrected chi connectivity index (χ2v) is 6.90. The molecule has 0 aromatic heterocycles. The Hall–Kier alpha value is -3.78. The SMILES string of the molecule is CCOc1ccc2ccc(OCC)c(/C=C(/C#N)C(=O)Nc3ccc(CC)cc3)c2c1. The minimum atomic E-state index is -0.466. The second-order valence-electron chi connectivity index (χ2n) is 6.90. The van der Waals surface area contributed by atoms with Gasteiger partial charge in [-0.15, -0.1) is 0 Å². The third-order valence-corrected chi connectivity index (χ3v) is 4.88. The summed E-state index contributed by atoms with van der Waals surface area (Å²) in [5, 5.41) is 14.3. The number of nitrogens with one attached hydrogen (secondary N) is 1. The molecule has 0 aliphatic carbocycles. The maximum Gasteiger partial charge on any atom is 0.266 e. The number of benzene rings is 3. The number of nitriles is 1. The van der Waals surface area contributed by atoms with Crippen LogP contribution in [0.1, 0.15) is 31.9 Å². The number of amides is 1. The summed E-state index contributed by atoms with van der Waals surface area (Å²) < 4.78 is 11.4. The van der Waals surface area contributed by atoms with Crippen LogP contribution in [0.3, 0.4) is 0 Å². The van der Waals surface area contributed by atoms with Crippen molar-refractivity contribution in [1.29, 1.82) is 5.26 Å². The van der Waals surface area contributed by atoms with E-state index in [0.717, 1.165) is 22.9 Å². The third kappa shape index (κ3) is 5.23. The molecular weight excluding hydrogens is 388 g/mol. The quantitative estimate of drug-likeness (QED) is 0.377. The molecule has 0 saturated carbocycles. The van der Waals surface area contributed by atoms with Gasteiger partial charge >= 0.3 is 0 Å². The Bertz CT molecular complexity index is 1140. The van der Waals surface area contributed by atoms with Crippen LogP contribution in [-0.4, -0.2) is 19.1 Å². The zero-order valence-electron chi connectivity index (χ0n) is 18.1. The molecule has 0 spiro atoms. The molecule has 0 unspecified atom stereocenters. The topological polar surface area (TPSA) is 71.3 Å². The lowest BCUT2D eigenvalue weighted by atomic mass is 10.0. The average molecular weight is 415 g/mol. The van der Waals surface area contributed by atoms with E-state index in [-0.39, 0.29) is 5.57 Å². The van der Waals surface area contributed by atoms with Crippen molar-refractivity contribution in [3.05, 3.63) is 71.3 Å². The van der Waals surface area contributed by atoms with Gasteiger partial charge in [0.1, 0.15) is 23.1 Å². The molecule has 158 valence electrons. The van der Waals surface area contributed by atoms with Gasteiger partial charge in [-0.2, -0.15) is 5.26 Å². The third-order valence-electron chi connectivity index (χ3n) is 4.88. The molecule has 0 heterocycles. The summed E-state index contributed by atoms with van der Waals surface area (Å²) in [5.74, 6) is 0.862. The monoisotopic (exact) mass is 414 g/mol. The van der Waals surface area contributed by atoms with Crippen molar-refractivity contribution in [2.45, 2.75) is 27.2 Å². The molecule has 0 atom stereocenters. The Balaban J connectivity index is 2.03. The number of hydrogen-bond donors (Lipinski definition) is 1. The molecule has 31 heavy (non-hydrogen) atoms. The molecular formula is C26H26N2O3. The fourth-order valence-corrected chi connectivity index (χ4v) is 3.30. The Kier molecular flexibility index (Phi) is 7.29. The lowest BCUT2D eigenvalue weighted by molar-refractivity contribution is -0.112. The van der Waals surface area contributed by atoms with Gasteiger partial charge in [0.05, 0.1) is 13.2 Å². The predicted molar refractivity (Wildman–Crippen MR) is 124 cm³/mol. The first-order valence-corrected chi connectivity index (χ1v) is 10.4. The molecule has 5 nitrogen and oxygen atoms in total. The Morgan fingerprint density at radius 1 is 1.00 bits per heavy atom. The van der Waals surface area contributed by atoms with Crippen molar-refractivity contribution >= 4 is 28.4 Å². The molecule has 0 saturated heterocycles. The first-order valence-electron chi connectivity index (χ1n) is 10.4. The predicted octanol–water partition coefficient (Wildman–Crippen LogP) is 5.75. The first kappa shape index (κ1) is 21.9. The van der Waals surface area contributed by atoms with E-state index in [2.05, 4.69) is 12.2 Å². The van der Waals surface area contributed by atoms with E-state index in [1.54, 1.807) is 6.08 Å². The fraction of sp³-hybridized carbons (Fsp3) is 0.231. The molecule has 1 amide bonds. The van der Waals surface area contributed by atoms with E-state index in [9.17, 15) is 10.1 Å². The van der Waals surface area contributed by atoms with E-state index in [1.807, 2.05) is 74.5 Å². The molecule has 3 aromatic rings. The number of anilines is 1. The smallest absolute Gasteiger partial charge is 0.266 e. The van der Waals surface area contributed by atoms with Gasteiger partial charge < -0.3 is 14.8 Å². The van der Waals surface area contributed by atoms with Gasteiger partial charge in [0.25, 0.3) is 5.91 Å². The number of carbonyl (C=O) groups is 1. The summed E-state index contributed by atoms with van der Waals surface area (Å²) in [6.45, 7) is 6.90. The molecule has 0 fully saturated rings. The first-order chi connectivity index (χ1) is 15.1.